The van der Waals surface area contributed by atoms with E-state index in [-0.39, 0.29) is 11.8 Å². The van der Waals surface area contributed by atoms with Crippen LogP contribution in [-0.2, 0) is 4.79 Å². The summed E-state index contributed by atoms with van der Waals surface area (Å²) in [5.41, 5.74) is 4.77. The Hall–Kier alpha value is -4.36. The molecule has 3 aromatic carbocycles. The van der Waals surface area contributed by atoms with E-state index < -0.39 is 6.04 Å². The van der Waals surface area contributed by atoms with Crippen LogP contribution < -0.4 is 16.0 Å². The Bertz CT molecular complexity index is 1460. The lowest BCUT2D eigenvalue weighted by Gasteiger charge is -2.30. The molecule has 0 aliphatic carbocycles. The normalized spacial score (nSPS) is 14.6. The number of rotatable bonds is 5. The van der Waals surface area contributed by atoms with Crippen LogP contribution >= 0.6 is 11.6 Å². The van der Waals surface area contributed by atoms with Crippen LogP contribution in [0.3, 0.4) is 0 Å². The Kier molecular flexibility index (Phi) is 6.31. The lowest BCUT2D eigenvalue weighted by molar-refractivity contribution is -0.113. The molecule has 2 heterocycles. The van der Waals surface area contributed by atoms with Crippen molar-refractivity contribution >= 4 is 40.6 Å². The molecular formula is C28H24ClN5O2. The number of aromatic nitrogens is 2. The van der Waals surface area contributed by atoms with E-state index in [0.717, 1.165) is 11.1 Å². The van der Waals surface area contributed by atoms with Crippen LogP contribution in [0.1, 0.15) is 34.5 Å². The molecule has 7 nitrogen and oxygen atoms in total. The first-order valence-corrected chi connectivity index (χ1v) is 11.8. The molecule has 36 heavy (non-hydrogen) atoms. The summed E-state index contributed by atoms with van der Waals surface area (Å²) in [5.74, 6) is -0.0567. The van der Waals surface area contributed by atoms with Crippen LogP contribution in [0.4, 0.5) is 17.2 Å². The van der Waals surface area contributed by atoms with Gasteiger partial charge in [-0.25, -0.2) is 4.68 Å². The van der Waals surface area contributed by atoms with Gasteiger partial charge in [0, 0.05) is 22.1 Å². The number of allylic oxidation sites excluding steroid dienone is 1. The highest BCUT2D eigenvalue weighted by atomic mass is 35.5. The van der Waals surface area contributed by atoms with Gasteiger partial charge in [-0.1, -0.05) is 59.6 Å². The second-order valence-electron chi connectivity index (χ2n) is 8.61. The summed E-state index contributed by atoms with van der Waals surface area (Å²) in [6.07, 6.45) is 1.51. The predicted octanol–water partition coefficient (Wildman–Crippen LogP) is 6.02. The number of benzene rings is 3. The number of halogens is 1. The molecule has 8 heteroatoms. The fourth-order valence-corrected chi connectivity index (χ4v) is 4.35. The molecule has 3 N–H and O–H groups in total. The number of hydrogen-bond acceptors (Lipinski definition) is 4. The van der Waals surface area contributed by atoms with Crippen molar-refractivity contribution in [2.75, 3.05) is 16.0 Å². The highest BCUT2D eigenvalue weighted by molar-refractivity contribution is 6.30. The van der Waals surface area contributed by atoms with Crippen LogP contribution in [0.25, 0.3) is 0 Å². The second-order valence-corrected chi connectivity index (χ2v) is 9.05. The molecule has 4 aromatic rings. The van der Waals surface area contributed by atoms with Gasteiger partial charge in [-0.3, -0.25) is 9.59 Å². The van der Waals surface area contributed by atoms with Crippen molar-refractivity contribution in [3.8, 4) is 0 Å². The first kappa shape index (κ1) is 23.4. The molecule has 180 valence electrons. The largest absolute Gasteiger partial charge is 0.343 e. The van der Waals surface area contributed by atoms with Crippen LogP contribution in [0.15, 0.2) is 96.3 Å². The maximum absolute atomic E-state index is 13.5. The Morgan fingerprint density at radius 2 is 1.50 bits per heavy atom. The van der Waals surface area contributed by atoms with Gasteiger partial charge in [-0.2, -0.15) is 5.10 Å². The zero-order valence-electron chi connectivity index (χ0n) is 19.7. The molecule has 1 aliphatic heterocycles. The van der Waals surface area contributed by atoms with E-state index in [2.05, 4.69) is 21.0 Å². The first-order chi connectivity index (χ1) is 17.4. The minimum absolute atomic E-state index is 0.266. The summed E-state index contributed by atoms with van der Waals surface area (Å²) in [6, 6.07) is 23.5. The summed E-state index contributed by atoms with van der Waals surface area (Å²) in [5, 5.41) is 14.3. The fraction of sp³-hybridized carbons (Fsp3) is 0.107. The Morgan fingerprint density at radius 3 is 2.19 bits per heavy atom. The van der Waals surface area contributed by atoms with E-state index in [1.807, 2.05) is 80.6 Å². The number of amides is 2. The van der Waals surface area contributed by atoms with Crippen molar-refractivity contribution in [2.45, 2.75) is 19.9 Å². The maximum Gasteiger partial charge on any atom is 0.261 e. The van der Waals surface area contributed by atoms with Crippen molar-refractivity contribution in [1.82, 2.24) is 9.78 Å². The van der Waals surface area contributed by atoms with Crippen molar-refractivity contribution < 1.29 is 9.59 Å². The molecule has 1 atom stereocenters. The number of hydrogen-bond donors (Lipinski definition) is 3. The Labute approximate surface area is 213 Å². The summed E-state index contributed by atoms with van der Waals surface area (Å²) < 4.78 is 1.67. The lowest BCUT2D eigenvalue weighted by Crippen LogP contribution is -2.32. The highest BCUT2D eigenvalue weighted by Crippen LogP contribution is 2.38. The van der Waals surface area contributed by atoms with Crippen LogP contribution in [0, 0.1) is 6.92 Å². The third-order valence-corrected chi connectivity index (χ3v) is 6.29. The van der Waals surface area contributed by atoms with E-state index in [1.165, 1.54) is 6.20 Å². The smallest absolute Gasteiger partial charge is 0.261 e. The van der Waals surface area contributed by atoms with Gasteiger partial charge in [0.2, 0.25) is 0 Å². The minimum atomic E-state index is -0.567. The Balaban J connectivity index is 1.53. The standard InChI is InChI=1S/C28H24ClN5O2/c1-17-8-14-22(15-9-17)32-27(35)23-16-30-34-25(19-10-12-20(29)13-11-19)24(18(2)31-26(23)34)28(36)33-21-6-4-3-5-7-21/h3-16,25,31H,1-2H3,(H,32,35)(H,33,36)/t25-/m0/s1. The van der Waals surface area contributed by atoms with E-state index >= 15 is 0 Å². The van der Waals surface area contributed by atoms with Crippen molar-refractivity contribution in [3.05, 3.63) is 118 Å². The van der Waals surface area contributed by atoms with E-state index in [1.54, 1.807) is 16.8 Å². The molecule has 5 rings (SSSR count). The van der Waals surface area contributed by atoms with Gasteiger partial charge in [0.05, 0.1) is 11.8 Å². The quantitative estimate of drug-likeness (QED) is 0.314. The second kappa shape index (κ2) is 9.71. The van der Waals surface area contributed by atoms with Gasteiger partial charge < -0.3 is 16.0 Å². The SMILES string of the molecule is CC1=C(C(=O)Nc2ccccc2)[C@H](c2ccc(Cl)cc2)n2ncc(C(=O)Nc3ccc(C)cc3)c2N1. The van der Waals surface area contributed by atoms with Gasteiger partial charge in [0.15, 0.2) is 0 Å². The molecular weight excluding hydrogens is 474 g/mol. The van der Waals surface area contributed by atoms with Crippen molar-refractivity contribution in [3.63, 3.8) is 0 Å². The first-order valence-electron chi connectivity index (χ1n) is 11.5. The molecule has 1 aliphatic rings. The molecule has 0 unspecified atom stereocenters. The molecule has 0 radical (unpaired) electrons. The fourth-order valence-electron chi connectivity index (χ4n) is 4.22. The zero-order valence-corrected chi connectivity index (χ0v) is 20.5. The van der Waals surface area contributed by atoms with Gasteiger partial charge in [0.25, 0.3) is 11.8 Å². The molecule has 0 bridgehead atoms. The van der Waals surface area contributed by atoms with E-state index in [9.17, 15) is 9.59 Å². The zero-order chi connectivity index (χ0) is 25.2. The van der Waals surface area contributed by atoms with E-state index in [4.69, 9.17) is 11.6 Å². The molecule has 0 saturated heterocycles. The van der Waals surface area contributed by atoms with Gasteiger partial charge in [0.1, 0.15) is 17.4 Å². The topological polar surface area (TPSA) is 88.0 Å². The summed E-state index contributed by atoms with van der Waals surface area (Å²) in [4.78, 5) is 26.7. The molecule has 0 saturated carbocycles. The maximum atomic E-state index is 13.5. The summed E-state index contributed by atoms with van der Waals surface area (Å²) in [7, 11) is 0. The van der Waals surface area contributed by atoms with Gasteiger partial charge >= 0.3 is 0 Å². The molecule has 0 fully saturated rings. The number of para-hydroxylation sites is 1. The van der Waals surface area contributed by atoms with Crippen LogP contribution in [0.2, 0.25) is 5.02 Å². The summed E-state index contributed by atoms with van der Waals surface area (Å²) in [6.45, 7) is 3.81. The predicted molar refractivity (Wildman–Crippen MR) is 142 cm³/mol. The monoisotopic (exact) mass is 497 g/mol. The lowest BCUT2D eigenvalue weighted by atomic mass is 9.94. The van der Waals surface area contributed by atoms with Crippen LogP contribution in [-0.4, -0.2) is 21.6 Å². The number of carbonyl (C=O) groups excluding carboxylic acids is 2. The van der Waals surface area contributed by atoms with Crippen LogP contribution in [0.5, 0.6) is 0 Å². The highest BCUT2D eigenvalue weighted by Gasteiger charge is 2.35. The average Bonchev–Trinajstić information content (AvgIpc) is 3.29. The number of anilines is 3. The van der Waals surface area contributed by atoms with Crippen molar-refractivity contribution in [2.24, 2.45) is 0 Å². The van der Waals surface area contributed by atoms with Gasteiger partial charge in [-0.05, 0) is 55.8 Å². The number of fused-ring (bicyclic) bond motifs is 1. The molecule has 0 spiro atoms. The number of aryl methyl sites for hydroxylation is 1. The van der Waals surface area contributed by atoms with Crippen molar-refractivity contribution in [1.29, 1.82) is 0 Å². The third-order valence-electron chi connectivity index (χ3n) is 6.04. The molecule has 2 amide bonds. The van der Waals surface area contributed by atoms with E-state index in [0.29, 0.717) is 39.0 Å². The number of carbonyl (C=O) groups is 2. The number of nitrogens with zero attached hydrogens (tertiary/aromatic N) is 2. The third kappa shape index (κ3) is 4.61. The van der Waals surface area contributed by atoms with Gasteiger partial charge in [-0.15, -0.1) is 0 Å². The summed E-state index contributed by atoms with van der Waals surface area (Å²) >= 11 is 6.14. The number of nitrogens with one attached hydrogen (secondary N) is 3. The minimum Gasteiger partial charge on any atom is -0.343 e. The Morgan fingerprint density at radius 1 is 0.861 bits per heavy atom. The molecule has 1 aromatic heterocycles. The average molecular weight is 498 g/mol.